The molecule has 0 spiro atoms. The van der Waals surface area contributed by atoms with Crippen molar-refractivity contribution in [3.63, 3.8) is 0 Å². The molecule has 0 saturated heterocycles. The lowest BCUT2D eigenvalue weighted by molar-refractivity contribution is 0.0183. The first-order chi connectivity index (χ1) is 5.37. The summed E-state index contributed by atoms with van der Waals surface area (Å²) in [7, 11) is 0. The van der Waals surface area contributed by atoms with E-state index in [1.54, 1.807) is 20.8 Å². The predicted molar refractivity (Wildman–Crippen MR) is 46.7 cm³/mol. The molecule has 0 aliphatic heterocycles. The zero-order valence-electron chi connectivity index (χ0n) is 7.99. The molecule has 0 fully saturated rings. The topological polar surface area (TPSA) is 80.9 Å². The summed E-state index contributed by atoms with van der Waals surface area (Å²) < 4.78 is 0. The van der Waals surface area contributed by atoms with Crippen LogP contribution in [-0.4, -0.2) is 45.8 Å². The van der Waals surface area contributed by atoms with Gasteiger partial charge in [0, 0.05) is 19.1 Å². The van der Waals surface area contributed by atoms with Crippen molar-refractivity contribution in [3.8, 4) is 0 Å². The highest BCUT2D eigenvalue weighted by Gasteiger charge is 2.07. The van der Waals surface area contributed by atoms with E-state index in [4.69, 9.17) is 20.4 Å². The van der Waals surface area contributed by atoms with Gasteiger partial charge in [0.15, 0.2) is 0 Å². The fourth-order valence-corrected chi connectivity index (χ4v) is 0.0577. The summed E-state index contributed by atoms with van der Waals surface area (Å²) >= 11 is 0. The maximum Gasteiger partial charge on any atom is 0.0821 e. The van der Waals surface area contributed by atoms with Crippen LogP contribution in [0.3, 0.4) is 0 Å². The lowest BCUT2D eigenvalue weighted by Crippen LogP contribution is -2.23. The van der Waals surface area contributed by atoms with Crippen molar-refractivity contribution in [2.24, 2.45) is 5.92 Å². The van der Waals surface area contributed by atoms with Crippen LogP contribution in [0.2, 0.25) is 0 Å². The zero-order chi connectivity index (χ0) is 10.2. The average molecular weight is 180 g/mol. The van der Waals surface area contributed by atoms with Gasteiger partial charge in [0.05, 0.1) is 12.2 Å². The lowest BCUT2D eigenvalue weighted by Gasteiger charge is -2.10. The Morgan fingerprint density at radius 2 is 1.33 bits per heavy atom. The van der Waals surface area contributed by atoms with Crippen LogP contribution in [0.4, 0.5) is 0 Å². The summed E-state index contributed by atoms with van der Waals surface area (Å²) in [5.74, 6) is 0.0463. The summed E-state index contributed by atoms with van der Waals surface area (Å²) in [5, 5.41) is 33.1. The quantitative estimate of drug-likeness (QED) is 0.465. The Bertz CT molecular complexity index is 83.5. The first-order valence-corrected chi connectivity index (χ1v) is 3.92. The molecule has 0 amide bonds. The van der Waals surface area contributed by atoms with E-state index in [9.17, 15) is 0 Å². The molecule has 4 heteroatoms. The highest BCUT2D eigenvalue weighted by atomic mass is 16.3. The van der Waals surface area contributed by atoms with Gasteiger partial charge in [-0.2, -0.15) is 0 Å². The van der Waals surface area contributed by atoms with E-state index in [1.807, 2.05) is 0 Å². The van der Waals surface area contributed by atoms with Crippen LogP contribution in [0.15, 0.2) is 0 Å². The normalized spacial score (nSPS) is 11.0. The van der Waals surface area contributed by atoms with Crippen LogP contribution < -0.4 is 0 Å². The van der Waals surface area contributed by atoms with Crippen molar-refractivity contribution in [3.05, 3.63) is 0 Å². The molecule has 0 saturated carbocycles. The summed E-state index contributed by atoms with van der Waals surface area (Å²) in [6, 6.07) is 0. The molecule has 0 aliphatic rings. The lowest BCUT2D eigenvalue weighted by atomic mass is 10.2. The van der Waals surface area contributed by atoms with Crippen LogP contribution in [0.1, 0.15) is 20.8 Å². The van der Waals surface area contributed by atoms with Crippen LogP contribution in [0.5, 0.6) is 0 Å². The van der Waals surface area contributed by atoms with Crippen LogP contribution in [0, 0.1) is 5.92 Å². The van der Waals surface area contributed by atoms with Crippen molar-refractivity contribution >= 4 is 0 Å². The van der Waals surface area contributed by atoms with Gasteiger partial charge in [-0.25, -0.2) is 0 Å². The van der Waals surface area contributed by atoms with E-state index in [0.717, 1.165) is 0 Å². The Labute approximate surface area is 73.5 Å². The number of aliphatic hydroxyl groups excluding tert-OH is 3. The van der Waals surface area contributed by atoms with E-state index < -0.39 is 5.60 Å². The molecular weight excluding hydrogens is 160 g/mol. The Hall–Kier alpha value is -0.160. The Morgan fingerprint density at radius 3 is 1.33 bits per heavy atom. The smallest absolute Gasteiger partial charge is 0.0821 e. The number of hydrogen-bond donors (Lipinski definition) is 4. The second kappa shape index (κ2) is 7.49. The SMILES string of the molecule is CC(C)(O)CO.CC(CO)CO. The largest absolute Gasteiger partial charge is 0.396 e. The maximum absolute atomic E-state index is 8.58. The van der Waals surface area contributed by atoms with Gasteiger partial charge in [-0.05, 0) is 13.8 Å². The molecule has 0 rings (SSSR count). The number of hydrogen-bond acceptors (Lipinski definition) is 4. The molecular formula is C8H20O4. The summed E-state index contributed by atoms with van der Waals surface area (Å²) in [6.45, 7) is 4.86. The summed E-state index contributed by atoms with van der Waals surface area (Å²) in [5.41, 5.74) is -0.903. The van der Waals surface area contributed by atoms with Crippen molar-refractivity contribution in [2.45, 2.75) is 26.4 Å². The molecule has 0 heterocycles. The van der Waals surface area contributed by atoms with Gasteiger partial charge in [0.1, 0.15) is 0 Å². The second-order valence-electron chi connectivity index (χ2n) is 3.44. The Kier molecular flexibility index (Phi) is 8.97. The monoisotopic (exact) mass is 180 g/mol. The molecule has 4 N–H and O–H groups in total. The van der Waals surface area contributed by atoms with Gasteiger partial charge >= 0.3 is 0 Å². The van der Waals surface area contributed by atoms with E-state index >= 15 is 0 Å². The van der Waals surface area contributed by atoms with E-state index in [-0.39, 0.29) is 25.7 Å². The van der Waals surface area contributed by atoms with Gasteiger partial charge in [0.25, 0.3) is 0 Å². The number of aliphatic hydroxyl groups is 4. The second-order valence-corrected chi connectivity index (χ2v) is 3.44. The highest BCUT2D eigenvalue weighted by molar-refractivity contribution is 4.59. The van der Waals surface area contributed by atoms with Crippen molar-refractivity contribution in [2.75, 3.05) is 19.8 Å². The first kappa shape index (κ1) is 14.4. The summed E-state index contributed by atoms with van der Waals surface area (Å²) in [6.07, 6.45) is 0. The molecule has 0 aromatic rings. The Morgan fingerprint density at radius 1 is 1.08 bits per heavy atom. The fraction of sp³-hybridized carbons (Fsp3) is 1.00. The van der Waals surface area contributed by atoms with Gasteiger partial charge < -0.3 is 20.4 Å². The third-order valence-electron chi connectivity index (χ3n) is 1.01. The first-order valence-electron chi connectivity index (χ1n) is 3.92. The number of rotatable bonds is 3. The van der Waals surface area contributed by atoms with E-state index in [0.29, 0.717) is 0 Å². The minimum Gasteiger partial charge on any atom is -0.396 e. The highest BCUT2D eigenvalue weighted by Crippen LogP contribution is 1.95. The van der Waals surface area contributed by atoms with Crippen LogP contribution in [0.25, 0.3) is 0 Å². The molecule has 4 nitrogen and oxygen atoms in total. The zero-order valence-corrected chi connectivity index (χ0v) is 7.99. The molecule has 12 heavy (non-hydrogen) atoms. The van der Waals surface area contributed by atoms with Crippen molar-refractivity contribution in [1.29, 1.82) is 0 Å². The fourth-order valence-electron chi connectivity index (χ4n) is 0.0577. The Balaban J connectivity index is 0. The third kappa shape index (κ3) is 16.4. The molecule has 0 radical (unpaired) electrons. The third-order valence-corrected chi connectivity index (χ3v) is 1.01. The molecule has 0 aliphatic carbocycles. The molecule has 0 unspecified atom stereocenters. The van der Waals surface area contributed by atoms with Gasteiger partial charge in [-0.15, -0.1) is 0 Å². The van der Waals surface area contributed by atoms with E-state index in [1.165, 1.54) is 0 Å². The minimum atomic E-state index is -0.903. The van der Waals surface area contributed by atoms with Crippen LogP contribution in [-0.2, 0) is 0 Å². The molecule has 0 bridgehead atoms. The van der Waals surface area contributed by atoms with Crippen molar-refractivity contribution in [1.82, 2.24) is 0 Å². The van der Waals surface area contributed by atoms with Crippen LogP contribution >= 0.6 is 0 Å². The predicted octanol–water partition coefficient (Wildman–Crippen LogP) is -0.643. The molecule has 0 aromatic heterocycles. The van der Waals surface area contributed by atoms with E-state index in [2.05, 4.69) is 0 Å². The average Bonchev–Trinajstić information content (AvgIpc) is 2.03. The van der Waals surface area contributed by atoms with Gasteiger partial charge in [0.2, 0.25) is 0 Å². The standard InChI is InChI=1S/2C4H10O2/c1-4(2,6)3-5;1-4(2-5)3-6/h5-6H,3H2,1-2H3;4-6H,2-3H2,1H3. The summed E-state index contributed by atoms with van der Waals surface area (Å²) in [4.78, 5) is 0. The molecule has 0 aromatic carbocycles. The van der Waals surface area contributed by atoms with Crippen molar-refractivity contribution < 1.29 is 20.4 Å². The minimum absolute atomic E-state index is 0.0463. The molecule has 76 valence electrons. The molecule has 0 atom stereocenters. The van der Waals surface area contributed by atoms with Gasteiger partial charge in [-0.3, -0.25) is 0 Å². The maximum atomic E-state index is 8.58. The van der Waals surface area contributed by atoms with Gasteiger partial charge in [-0.1, -0.05) is 6.92 Å².